The van der Waals surface area contributed by atoms with Gasteiger partial charge in [-0.1, -0.05) is 98.5 Å². The van der Waals surface area contributed by atoms with Crippen LogP contribution in [0.2, 0.25) is 0 Å². The first-order valence-electron chi connectivity index (χ1n) is 25.7. The fourth-order valence-electron chi connectivity index (χ4n) is 10.1. The Bertz CT molecular complexity index is 3250. The van der Waals surface area contributed by atoms with Gasteiger partial charge in [0, 0.05) is 54.9 Å². The second kappa shape index (κ2) is 25.0. The van der Waals surface area contributed by atoms with Crippen LogP contribution in [-0.4, -0.2) is 119 Å². The average Bonchev–Trinajstić information content (AvgIpc) is 4.26. The van der Waals surface area contributed by atoms with Crippen molar-refractivity contribution in [3.8, 4) is 33.8 Å². The van der Waals surface area contributed by atoms with Crippen molar-refractivity contribution in [1.82, 2.24) is 25.0 Å². The van der Waals surface area contributed by atoms with Gasteiger partial charge in [0.2, 0.25) is 11.8 Å². The zero-order chi connectivity index (χ0) is 54.9. The Morgan fingerprint density at radius 1 is 0.846 bits per heavy atom. The van der Waals surface area contributed by atoms with E-state index in [-0.39, 0.29) is 101 Å². The molecule has 3 aliphatic heterocycles. The molecule has 1 aromatic heterocycles. The Morgan fingerprint density at radius 2 is 1.60 bits per heavy atom. The number of nitrogens with zero attached hydrogens (tertiary/aromatic N) is 4. The first kappa shape index (κ1) is 54.8. The van der Waals surface area contributed by atoms with Crippen LogP contribution < -0.4 is 14.8 Å². The molecule has 0 bridgehead atoms. The number of carbonyl (C=O) groups is 5. The van der Waals surface area contributed by atoms with E-state index < -0.39 is 47.8 Å². The van der Waals surface area contributed by atoms with Gasteiger partial charge in [-0.25, -0.2) is 14.2 Å². The summed E-state index contributed by atoms with van der Waals surface area (Å²) in [4.78, 5) is 79.0. The number of esters is 1. The first-order valence-corrected chi connectivity index (χ1v) is 26.6. The third kappa shape index (κ3) is 12.2. The Balaban J connectivity index is 0.775. The first-order chi connectivity index (χ1) is 37.8. The summed E-state index contributed by atoms with van der Waals surface area (Å²) in [6, 6.07) is 28.4. The molecule has 1 fully saturated rings. The highest BCUT2D eigenvalue weighted by Gasteiger charge is 2.46. The van der Waals surface area contributed by atoms with Crippen LogP contribution in [0.3, 0.4) is 0 Å². The van der Waals surface area contributed by atoms with Crippen molar-refractivity contribution < 1.29 is 57.2 Å². The zero-order valence-electron chi connectivity index (χ0n) is 43.7. The molecule has 4 atom stereocenters. The van der Waals surface area contributed by atoms with Gasteiger partial charge in [0.05, 0.1) is 54.7 Å². The number of benzene rings is 5. The van der Waals surface area contributed by atoms with Crippen molar-refractivity contribution in [2.24, 2.45) is 5.92 Å². The normalized spacial score (nSPS) is 16.4. The lowest BCUT2D eigenvalue weighted by atomic mass is 10.0. The van der Waals surface area contributed by atoms with E-state index >= 15 is 0 Å². The molecule has 0 saturated carbocycles. The van der Waals surface area contributed by atoms with Crippen LogP contribution in [0.4, 0.5) is 4.39 Å². The largest absolute Gasteiger partial charge is 0.491 e. The highest BCUT2D eigenvalue weighted by Crippen LogP contribution is 2.39. The van der Waals surface area contributed by atoms with Gasteiger partial charge in [0.25, 0.3) is 11.8 Å². The standard InChI is InChI=1S/C60H60FN5O11S/c1-37(2)53(65-32-43-14-8-9-18-47(43)57(65)69)59(71)64-34-46(67)30-49(64)56(68)62-31-42-20-19-41(55-38(3)63-36-78-55)28-51(42)76-27-26-75-25-24-74-23-11-17-40-15-10-16-44-33-66(58(70)52(40)44)54(60(72)73-4)48-29-45(61)21-22-50(48)77-35-39-12-6-5-7-13-39/h5-10,12-16,18-22,28-29,36-37,46,49,53-54,67H,23-27,30-35H2,1-4H3,(H,62,68)/t46-,49+,53?,54?/m1/s1. The molecule has 18 heteroatoms. The number of aliphatic hydroxyl groups excluding tert-OH is 1. The molecule has 3 aliphatic rings. The number of aromatic nitrogens is 1. The summed E-state index contributed by atoms with van der Waals surface area (Å²) in [6.07, 6.45) is -0.856. The highest BCUT2D eigenvalue weighted by atomic mass is 32.1. The number of β-amino-alcohol motifs (C(OH)–C–C–N with tert-alkyl or cyclic N) is 1. The van der Waals surface area contributed by atoms with Crippen LogP contribution in [0, 0.1) is 30.5 Å². The summed E-state index contributed by atoms with van der Waals surface area (Å²) in [5.41, 5.74) is 8.05. The van der Waals surface area contributed by atoms with E-state index in [4.69, 9.17) is 23.7 Å². The number of ether oxygens (including phenoxy) is 5. The lowest BCUT2D eigenvalue weighted by Gasteiger charge is -2.35. The molecule has 78 heavy (non-hydrogen) atoms. The maximum Gasteiger partial charge on any atom is 0.333 e. The second-order valence-electron chi connectivity index (χ2n) is 19.5. The van der Waals surface area contributed by atoms with E-state index in [1.807, 2.05) is 81.4 Å². The average molecular weight is 1080 g/mol. The Hall–Kier alpha value is -7.95. The molecule has 0 spiro atoms. The summed E-state index contributed by atoms with van der Waals surface area (Å²) in [6.45, 7) is 7.06. The van der Waals surface area contributed by atoms with Crippen LogP contribution >= 0.6 is 11.3 Å². The molecule has 2 N–H and O–H groups in total. The molecule has 9 rings (SSSR count). The number of nitrogens with one attached hydrogen (secondary N) is 1. The summed E-state index contributed by atoms with van der Waals surface area (Å²) < 4.78 is 43.9. The van der Waals surface area contributed by atoms with Crippen LogP contribution in [0.5, 0.6) is 11.5 Å². The van der Waals surface area contributed by atoms with Crippen molar-refractivity contribution in [3.63, 3.8) is 0 Å². The highest BCUT2D eigenvalue weighted by molar-refractivity contribution is 7.13. The number of fused-ring (bicyclic) bond motifs is 2. The van der Waals surface area contributed by atoms with Gasteiger partial charge in [-0.2, -0.15) is 0 Å². The number of methoxy groups -OCH3 is 1. The molecule has 1 saturated heterocycles. The molecule has 4 amide bonds. The fraction of sp³-hybridized carbons (Fsp3) is 0.333. The van der Waals surface area contributed by atoms with E-state index in [9.17, 15) is 33.5 Å². The molecular formula is C60H60FN5O11S. The van der Waals surface area contributed by atoms with Gasteiger partial charge in [-0.3, -0.25) is 19.2 Å². The number of rotatable bonds is 21. The van der Waals surface area contributed by atoms with Crippen LogP contribution in [0.15, 0.2) is 115 Å². The maximum absolute atomic E-state index is 14.8. The van der Waals surface area contributed by atoms with Crippen LogP contribution in [0.25, 0.3) is 10.4 Å². The minimum atomic E-state index is -1.30. The van der Waals surface area contributed by atoms with Gasteiger partial charge in [0.15, 0.2) is 6.04 Å². The van der Waals surface area contributed by atoms with Gasteiger partial charge in [-0.15, -0.1) is 11.3 Å². The molecule has 0 aliphatic carbocycles. The third-order valence-electron chi connectivity index (χ3n) is 13.9. The smallest absolute Gasteiger partial charge is 0.333 e. The quantitative estimate of drug-likeness (QED) is 0.0413. The topological polar surface area (TPSA) is 186 Å². The van der Waals surface area contributed by atoms with Crippen molar-refractivity contribution in [2.75, 3.05) is 46.7 Å². The predicted molar refractivity (Wildman–Crippen MR) is 287 cm³/mol. The zero-order valence-corrected chi connectivity index (χ0v) is 44.6. The summed E-state index contributed by atoms with van der Waals surface area (Å²) in [5, 5.41) is 13.8. The van der Waals surface area contributed by atoms with Crippen LogP contribution in [-0.2, 0) is 54.8 Å². The second-order valence-corrected chi connectivity index (χ2v) is 20.3. The molecule has 0 radical (unpaired) electrons. The minimum Gasteiger partial charge on any atom is -0.491 e. The van der Waals surface area contributed by atoms with Crippen molar-refractivity contribution in [2.45, 2.75) is 77.7 Å². The van der Waals surface area contributed by atoms with Crippen molar-refractivity contribution >= 4 is 40.9 Å². The number of aryl methyl sites for hydroxylation is 1. The molecule has 4 heterocycles. The number of likely N-dealkylation sites (tertiary alicyclic amines) is 1. The lowest BCUT2D eigenvalue weighted by Crippen LogP contribution is -2.55. The van der Waals surface area contributed by atoms with Crippen molar-refractivity contribution in [3.05, 3.63) is 171 Å². The van der Waals surface area contributed by atoms with E-state index in [1.54, 1.807) is 40.7 Å². The van der Waals surface area contributed by atoms with E-state index in [2.05, 4.69) is 22.1 Å². The molecule has 6 aromatic rings. The number of thiazole rings is 1. The Labute approximate surface area is 456 Å². The SMILES string of the molecule is COC(=O)C(c1cc(F)ccc1OCc1ccccc1)N1Cc2cccc(C#CCOCCOCCOc3cc(-c4scnc4C)ccc3CNC(=O)[C@@H]3C[C@@H](O)CN3C(=O)C(C(C)C)N3Cc4ccccc4C3=O)c2C1=O. The number of aliphatic hydroxyl groups is 1. The fourth-order valence-corrected chi connectivity index (χ4v) is 10.9. The van der Waals surface area contributed by atoms with E-state index in [1.165, 1.54) is 46.4 Å². The lowest BCUT2D eigenvalue weighted by molar-refractivity contribution is -0.146. The van der Waals surface area contributed by atoms with Gasteiger partial charge < -0.3 is 48.8 Å². The van der Waals surface area contributed by atoms with E-state index in [0.717, 1.165) is 27.3 Å². The molecule has 16 nitrogen and oxygen atoms in total. The van der Waals surface area contributed by atoms with Crippen molar-refractivity contribution in [1.29, 1.82) is 0 Å². The summed E-state index contributed by atoms with van der Waals surface area (Å²) >= 11 is 1.50. The molecule has 5 aromatic carbocycles. The molecule has 404 valence electrons. The number of hydrogen-bond donors (Lipinski definition) is 2. The monoisotopic (exact) mass is 1080 g/mol. The number of hydrogen-bond acceptors (Lipinski definition) is 13. The Morgan fingerprint density at radius 3 is 2.37 bits per heavy atom. The number of halogens is 1. The summed E-state index contributed by atoms with van der Waals surface area (Å²) in [5.74, 6) is 3.64. The Kier molecular flexibility index (Phi) is 17.6. The number of amides is 4. The maximum atomic E-state index is 14.8. The third-order valence-corrected chi connectivity index (χ3v) is 14.9. The molecule has 2 unspecified atom stereocenters. The summed E-state index contributed by atoms with van der Waals surface area (Å²) in [7, 11) is 1.21. The van der Waals surface area contributed by atoms with Gasteiger partial charge >= 0.3 is 5.97 Å². The minimum absolute atomic E-state index is 0.0294. The van der Waals surface area contributed by atoms with E-state index in [0.29, 0.717) is 33.6 Å². The van der Waals surface area contributed by atoms with Gasteiger partial charge in [-0.05, 0) is 71.5 Å². The number of carbonyl (C=O) groups excluding carboxylic acids is 5. The predicted octanol–water partition coefficient (Wildman–Crippen LogP) is 7.43. The molecular weight excluding hydrogens is 1020 g/mol. The van der Waals surface area contributed by atoms with Crippen LogP contribution in [0.1, 0.15) is 86.1 Å². The van der Waals surface area contributed by atoms with Gasteiger partial charge in [0.1, 0.15) is 49.2 Å².